The fourth-order valence-electron chi connectivity index (χ4n) is 3.58. The predicted molar refractivity (Wildman–Crippen MR) is 114 cm³/mol. The average Bonchev–Trinajstić information content (AvgIpc) is 2.78. The third-order valence-corrected chi connectivity index (χ3v) is 5.28. The van der Waals surface area contributed by atoms with Crippen LogP contribution in [0.15, 0.2) is 54.6 Å². The van der Waals surface area contributed by atoms with E-state index in [-0.39, 0.29) is 18.2 Å². The summed E-state index contributed by atoms with van der Waals surface area (Å²) in [6, 6.07) is 15.9. The van der Waals surface area contributed by atoms with E-state index in [0.29, 0.717) is 31.9 Å². The molecule has 0 spiro atoms. The number of anilines is 1. The second kappa shape index (κ2) is 8.36. The van der Waals surface area contributed by atoms with Crippen molar-refractivity contribution < 1.29 is 14.5 Å². The maximum Gasteiger partial charge on any atom is 0.269 e. The van der Waals surface area contributed by atoms with Crippen molar-refractivity contribution >= 4 is 28.3 Å². The molecule has 1 aliphatic rings. The normalized spacial score (nSPS) is 14.0. The smallest absolute Gasteiger partial charge is 0.269 e. The Morgan fingerprint density at radius 3 is 2.50 bits per heavy atom. The Morgan fingerprint density at radius 2 is 1.80 bits per heavy atom. The number of nitro groups is 1. The molecule has 0 saturated carbocycles. The molecular weight excluding hydrogens is 384 g/mol. The Hall–Kier alpha value is -3.68. The summed E-state index contributed by atoms with van der Waals surface area (Å²) >= 11 is 0. The fourth-order valence-corrected chi connectivity index (χ4v) is 3.58. The highest BCUT2D eigenvalue weighted by molar-refractivity contribution is 5.84. The lowest BCUT2D eigenvalue weighted by molar-refractivity contribution is -0.384. The number of para-hydroxylation sites is 1. The number of nitrogens with zero attached hydrogens (tertiary/aromatic N) is 4. The van der Waals surface area contributed by atoms with E-state index in [4.69, 9.17) is 9.72 Å². The van der Waals surface area contributed by atoms with Gasteiger partial charge in [0.25, 0.3) is 11.6 Å². The number of fused-ring (bicyclic) bond motifs is 1. The number of carbonyl (C=O) groups is 1. The quantitative estimate of drug-likeness (QED) is 0.478. The first kappa shape index (κ1) is 19.6. The van der Waals surface area contributed by atoms with Gasteiger partial charge in [-0.15, -0.1) is 0 Å². The van der Waals surface area contributed by atoms with Crippen molar-refractivity contribution in [1.29, 1.82) is 0 Å². The molecule has 30 heavy (non-hydrogen) atoms. The number of benzene rings is 2. The molecule has 0 unspecified atom stereocenters. The van der Waals surface area contributed by atoms with Crippen molar-refractivity contribution in [2.45, 2.75) is 6.92 Å². The number of aryl methyl sites for hydroxylation is 1. The summed E-state index contributed by atoms with van der Waals surface area (Å²) in [6.45, 7) is 4.59. The molecule has 8 heteroatoms. The molecule has 3 aromatic rings. The van der Waals surface area contributed by atoms with Crippen LogP contribution in [-0.2, 0) is 4.79 Å². The minimum absolute atomic E-state index is 0.0117. The molecule has 1 fully saturated rings. The van der Waals surface area contributed by atoms with Crippen LogP contribution < -0.4 is 9.64 Å². The number of piperazine rings is 1. The predicted octanol–water partition coefficient (Wildman–Crippen LogP) is 3.18. The van der Waals surface area contributed by atoms with Gasteiger partial charge >= 0.3 is 0 Å². The minimum Gasteiger partial charge on any atom is -0.484 e. The highest BCUT2D eigenvalue weighted by atomic mass is 16.6. The van der Waals surface area contributed by atoms with Crippen molar-refractivity contribution in [3.05, 3.63) is 70.3 Å². The van der Waals surface area contributed by atoms with Crippen molar-refractivity contribution in [2.24, 2.45) is 0 Å². The maximum atomic E-state index is 12.5. The van der Waals surface area contributed by atoms with Crippen LogP contribution >= 0.6 is 0 Å². The third-order valence-electron chi connectivity index (χ3n) is 5.28. The minimum atomic E-state index is -0.472. The highest BCUT2D eigenvalue weighted by Crippen LogP contribution is 2.23. The van der Waals surface area contributed by atoms with Crippen molar-refractivity contribution in [2.75, 3.05) is 37.7 Å². The summed E-state index contributed by atoms with van der Waals surface area (Å²) in [6.07, 6.45) is 0. The van der Waals surface area contributed by atoms with Crippen molar-refractivity contribution in [3.63, 3.8) is 0 Å². The van der Waals surface area contributed by atoms with Crippen LogP contribution in [0.25, 0.3) is 10.9 Å². The number of hydrogen-bond donors (Lipinski definition) is 0. The summed E-state index contributed by atoms with van der Waals surface area (Å²) in [4.78, 5) is 31.4. The number of nitro benzene ring substituents is 1. The van der Waals surface area contributed by atoms with E-state index in [1.807, 2.05) is 18.2 Å². The molecule has 1 saturated heterocycles. The van der Waals surface area contributed by atoms with Gasteiger partial charge in [-0.25, -0.2) is 4.98 Å². The Balaban J connectivity index is 1.33. The van der Waals surface area contributed by atoms with Crippen molar-refractivity contribution in [1.82, 2.24) is 9.88 Å². The number of rotatable bonds is 5. The van der Waals surface area contributed by atoms with E-state index in [2.05, 4.69) is 24.0 Å². The van der Waals surface area contributed by atoms with E-state index in [1.165, 1.54) is 29.8 Å². The SMILES string of the molecule is Cc1cc(N2CCN(C(=O)COc3ccc([N+](=O)[O-])cc3)CC2)nc2ccccc12. The summed E-state index contributed by atoms with van der Waals surface area (Å²) in [7, 11) is 0. The van der Waals surface area contributed by atoms with Gasteiger partial charge in [0.1, 0.15) is 11.6 Å². The Kier molecular flexibility index (Phi) is 5.47. The van der Waals surface area contributed by atoms with E-state index in [1.54, 1.807) is 4.90 Å². The molecule has 2 heterocycles. The number of aromatic nitrogens is 1. The number of carbonyl (C=O) groups excluding carboxylic acids is 1. The van der Waals surface area contributed by atoms with E-state index in [0.717, 1.165) is 16.7 Å². The zero-order valence-electron chi connectivity index (χ0n) is 16.7. The zero-order chi connectivity index (χ0) is 21.1. The number of pyridine rings is 1. The second-order valence-corrected chi connectivity index (χ2v) is 7.22. The van der Waals surface area contributed by atoms with Gasteiger partial charge in [0, 0.05) is 43.7 Å². The lowest BCUT2D eigenvalue weighted by Crippen LogP contribution is -2.50. The monoisotopic (exact) mass is 406 g/mol. The molecule has 0 N–H and O–H groups in total. The highest BCUT2D eigenvalue weighted by Gasteiger charge is 2.22. The van der Waals surface area contributed by atoms with Crippen LogP contribution in [0.4, 0.5) is 11.5 Å². The molecule has 154 valence electrons. The molecule has 4 rings (SSSR count). The topological polar surface area (TPSA) is 88.8 Å². The van der Waals surface area contributed by atoms with Crippen LogP contribution in [0, 0.1) is 17.0 Å². The van der Waals surface area contributed by atoms with Crippen LogP contribution in [0.5, 0.6) is 5.75 Å². The first-order valence-corrected chi connectivity index (χ1v) is 9.77. The molecule has 0 radical (unpaired) electrons. The summed E-state index contributed by atoms with van der Waals surface area (Å²) in [5, 5.41) is 11.8. The van der Waals surface area contributed by atoms with Crippen LogP contribution in [0.1, 0.15) is 5.56 Å². The molecule has 2 aromatic carbocycles. The van der Waals surface area contributed by atoms with Gasteiger partial charge in [-0.05, 0) is 36.8 Å². The number of amides is 1. The number of hydrogen-bond acceptors (Lipinski definition) is 6. The number of ether oxygens (including phenoxy) is 1. The van der Waals surface area contributed by atoms with Gasteiger partial charge in [-0.1, -0.05) is 18.2 Å². The van der Waals surface area contributed by atoms with Crippen LogP contribution in [0.3, 0.4) is 0 Å². The Morgan fingerprint density at radius 1 is 1.10 bits per heavy atom. The standard InChI is InChI=1S/C22H22N4O4/c1-16-14-21(23-20-5-3-2-4-19(16)20)24-10-12-25(13-11-24)22(27)15-30-18-8-6-17(7-9-18)26(28)29/h2-9,14H,10-13,15H2,1H3. The average molecular weight is 406 g/mol. The molecule has 8 nitrogen and oxygen atoms in total. The van der Waals surface area contributed by atoms with Gasteiger partial charge in [0.05, 0.1) is 10.4 Å². The largest absolute Gasteiger partial charge is 0.484 e. The molecule has 0 atom stereocenters. The van der Waals surface area contributed by atoms with Crippen LogP contribution in [-0.4, -0.2) is 53.5 Å². The Labute approximate surface area is 173 Å². The molecule has 1 aromatic heterocycles. The van der Waals surface area contributed by atoms with Crippen LogP contribution in [0.2, 0.25) is 0 Å². The molecule has 1 amide bonds. The molecule has 0 aliphatic carbocycles. The van der Waals surface area contributed by atoms with Crippen molar-refractivity contribution in [3.8, 4) is 5.75 Å². The lowest BCUT2D eigenvalue weighted by Gasteiger charge is -2.35. The zero-order valence-corrected chi connectivity index (χ0v) is 16.7. The first-order chi connectivity index (χ1) is 14.5. The number of non-ortho nitro benzene ring substituents is 1. The second-order valence-electron chi connectivity index (χ2n) is 7.22. The fraction of sp³-hybridized carbons (Fsp3) is 0.273. The molecular formula is C22H22N4O4. The summed E-state index contributed by atoms with van der Waals surface area (Å²) in [5.74, 6) is 1.26. The summed E-state index contributed by atoms with van der Waals surface area (Å²) < 4.78 is 5.49. The molecule has 0 bridgehead atoms. The summed E-state index contributed by atoms with van der Waals surface area (Å²) in [5.41, 5.74) is 2.15. The van der Waals surface area contributed by atoms with Gasteiger partial charge in [-0.2, -0.15) is 0 Å². The van der Waals surface area contributed by atoms with Gasteiger partial charge in [0.15, 0.2) is 6.61 Å². The van der Waals surface area contributed by atoms with E-state index in [9.17, 15) is 14.9 Å². The van der Waals surface area contributed by atoms with Gasteiger partial charge < -0.3 is 14.5 Å². The van der Waals surface area contributed by atoms with E-state index >= 15 is 0 Å². The van der Waals surface area contributed by atoms with Gasteiger partial charge in [-0.3, -0.25) is 14.9 Å². The third kappa shape index (κ3) is 4.17. The Bertz CT molecular complexity index is 1080. The first-order valence-electron chi connectivity index (χ1n) is 9.77. The maximum absolute atomic E-state index is 12.5. The van der Waals surface area contributed by atoms with E-state index < -0.39 is 4.92 Å². The van der Waals surface area contributed by atoms with Gasteiger partial charge in [0.2, 0.25) is 0 Å². The molecule has 1 aliphatic heterocycles. The lowest BCUT2D eigenvalue weighted by atomic mass is 10.1.